The van der Waals surface area contributed by atoms with Crippen molar-refractivity contribution in [3.63, 3.8) is 0 Å². The smallest absolute Gasteiger partial charge is 0.406 e. The monoisotopic (exact) mass is 383 g/mol. The van der Waals surface area contributed by atoms with Crippen molar-refractivity contribution in [1.29, 1.82) is 0 Å². The quantitative estimate of drug-likeness (QED) is 0.670. The summed E-state index contributed by atoms with van der Waals surface area (Å²) in [6.45, 7) is -1.37. The molecule has 0 radical (unpaired) electrons. The molecular weight excluding hydrogens is 371 g/mol. The standard InChI is InChI=1S/C17H13ClF3N3O2/c1-23(10-17(19,20)21)16(25)13-9-14(15-6-3-7-26-15)24(22-13)12-5-2-4-11(18)8-12/h2-9H,10H2,1H3. The number of carbonyl (C=O) groups excluding carboxylic acids is 1. The van der Waals surface area contributed by atoms with Crippen molar-refractivity contribution >= 4 is 17.5 Å². The lowest BCUT2D eigenvalue weighted by Gasteiger charge is -2.17. The minimum absolute atomic E-state index is 0.136. The Hall–Kier alpha value is -2.74. The van der Waals surface area contributed by atoms with Crippen LogP contribution in [0.4, 0.5) is 13.2 Å². The van der Waals surface area contributed by atoms with E-state index in [1.807, 2.05) is 0 Å². The summed E-state index contributed by atoms with van der Waals surface area (Å²) in [5, 5.41) is 4.62. The largest absolute Gasteiger partial charge is 0.463 e. The van der Waals surface area contributed by atoms with Crippen LogP contribution >= 0.6 is 11.6 Å². The Bertz CT molecular complexity index is 920. The molecule has 2 aromatic heterocycles. The molecule has 0 atom stereocenters. The van der Waals surface area contributed by atoms with Gasteiger partial charge in [0.2, 0.25) is 0 Å². The molecule has 0 bridgehead atoms. The van der Waals surface area contributed by atoms with Crippen molar-refractivity contribution < 1.29 is 22.4 Å². The molecule has 1 amide bonds. The first-order chi connectivity index (χ1) is 12.2. The summed E-state index contributed by atoms with van der Waals surface area (Å²) in [6.07, 6.45) is -3.05. The maximum Gasteiger partial charge on any atom is 0.406 e. The van der Waals surface area contributed by atoms with E-state index in [1.54, 1.807) is 36.4 Å². The molecule has 0 spiro atoms. The predicted molar refractivity (Wildman–Crippen MR) is 89.3 cm³/mol. The first kappa shape index (κ1) is 18.1. The second kappa shape index (κ2) is 6.87. The highest BCUT2D eigenvalue weighted by Gasteiger charge is 2.32. The summed E-state index contributed by atoms with van der Waals surface area (Å²) in [4.78, 5) is 12.9. The van der Waals surface area contributed by atoms with E-state index >= 15 is 0 Å². The molecule has 0 aliphatic rings. The third-order valence-corrected chi connectivity index (χ3v) is 3.75. The minimum atomic E-state index is -4.50. The maximum absolute atomic E-state index is 12.6. The Labute approximate surface area is 151 Å². The van der Waals surface area contributed by atoms with E-state index in [9.17, 15) is 18.0 Å². The molecule has 0 saturated heterocycles. The lowest BCUT2D eigenvalue weighted by Crippen LogP contribution is -2.36. The second-order valence-corrected chi connectivity index (χ2v) is 6.00. The third-order valence-electron chi connectivity index (χ3n) is 3.52. The number of furan rings is 1. The summed E-state index contributed by atoms with van der Waals surface area (Å²) in [5.74, 6) is -0.439. The molecular formula is C17H13ClF3N3O2. The van der Waals surface area contributed by atoms with Gasteiger partial charge in [-0.15, -0.1) is 0 Å². The Morgan fingerprint density at radius 2 is 2.04 bits per heavy atom. The summed E-state index contributed by atoms with van der Waals surface area (Å²) < 4.78 is 44.4. The van der Waals surface area contributed by atoms with Crippen LogP contribution in [0, 0.1) is 0 Å². The molecule has 0 fully saturated rings. The number of hydrogen-bond donors (Lipinski definition) is 0. The average molecular weight is 384 g/mol. The van der Waals surface area contributed by atoms with E-state index < -0.39 is 18.6 Å². The van der Waals surface area contributed by atoms with E-state index in [1.165, 1.54) is 17.0 Å². The predicted octanol–water partition coefficient (Wildman–Crippen LogP) is 4.42. The van der Waals surface area contributed by atoms with Gasteiger partial charge in [-0.2, -0.15) is 18.3 Å². The van der Waals surface area contributed by atoms with Crippen molar-refractivity contribution in [2.24, 2.45) is 0 Å². The highest BCUT2D eigenvalue weighted by atomic mass is 35.5. The van der Waals surface area contributed by atoms with Crippen LogP contribution in [0.5, 0.6) is 0 Å². The zero-order valence-corrected chi connectivity index (χ0v) is 14.3. The molecule has 0 unspecified atom stereocenters. The van der Waals surface area contributed by atoms with Crippen molar-refractivity contribution in [2.45, 2.75) is 6.18 Å². The summed E-state index contributed by atoms with van der Waals surface area (Å²) >= 11 is 6.00. The van der Waals surface area contributed by atoms with Crippen molar-refractivity contribution in [1.82, 2.24) is 14.7 Å². The SMILES string of the molecule is CN(CC(F)(F)F)C(=O)c1cc(-c2ccco2)n(-c2cccc(Cl)c2)n1. The Kier molecular flexibility index (Phi) is 4.78. The Morgan fingerprint density at radius 1 is 1.27 bits per heavy atom. The highest BCUT2D eigenvalue weighted by Crippen LogP contribution is 2.26. The van der Waals surface area contributed by atoms with Crippen LogP contribution < -0.4 is 0 Å². The molecule has 0 saturated carbocycles. The van der Waals surface area contributed by atoms with Gasteiger partial charge in [0.15, 0.2) is 11.5 Å². The third kappa shape index (κ3) is 3.91. The van der Waals surface area contributed by atoms with Gasteiger partial charge in [-0.1, -0.05) is 17.7 Å². The van der Waals surface area contributed by atoms with E-state index in [-0.39, 0.29) is 5.69 Å². The van der Waals surface area contributed by atoms with Crippen molar-refractivity contribution in [3.8, 4) is 17.1 Å². The molecule has 5 nitrogen and oxygen atoms in total. The Balaban J connectivity index is 2.03. The van der Waals surface area contributed by atoms with E-state index in [0.717, 1.165) is 7.05 Å². The summed E-state index contributed by atoms with van der Waals surface area (Å²) in [6, 6.07) is 11.4. The van der Waals surface area contributed by atoms with Crippen LogP contribution in [0.1, 0.15) is 10.5 Å². The van der Waals surface area contributed by atoms with Crippen LogP contribution in [0.15, 0.2) is 53.1 Å². The maximum atomic E-state index is 12.6. The summed E-state index contributed by atoms with van der Waals surface area (Å²) in [7, 11) is 1.07. The number of rotatable bonds is 4. The van der Waals surface area contributed by atoms with Crippen LogP contribution in [0.25, 0.3) is 17.1 Å². The molecule has 0 aliphatic heterocycles. The molecule has 0 N–H and O–H groups in total. The van der Waals surface area contributed by atoms with Gasteiger partial charge >= 0.3 is 6.18 Å². The lowest BCUT2D eigenvalue weighted by molar-refractivity contribution is -0.138. The number of alkyl halides is 3. The first-order valence-corrected chi connectivity index (χ1v) is 7.84. The van der Waals surface area contributed by atoms with E-state index in [4.69, 9.17) is 16.0 Å². The van der Waals surface area contributed by atoms with Gasteiger partial charge in [-0.25, -0.2) is 4.68 Å². The molecule has 3 aromatic rings. The number of carbonyl (C=O) groups is 1. The van der Waals surface area contributed by atoms with Crippen LogP contribution in [-0.4, -0.2) is 40.4 Å². The fourth-order valence-corrected chi connectivity index (χ4v) is 2.61. The van der Waals surface area contributed by atoms with Crippen LogP contribution in [0.2, 0.25) is 5.02 Å². The van der Waals surface area contributed by atoms with E-state index in [2.05, 4.69) is 5.10 Å². The van der Waals surface area contributed by atoms with Crippen LogP contribution in [-0.2, 0) is 0 Å². The van der Waals surface area contributed by atoms with Crippen molar-refractivity contribution in [3.05, 3.63) is 59.4 Å². The number of aromatic nitrogens is 2. The number of nitrogens with zero attached hydrogens (tertiary/aromatic N) is 3. The topological polar surface area (TPSA) is 51.3 Å². The van der Waals surface area contributed by atoms with Gasteiger partial charge in [0, 0.05) is 18.1 Å². The molecule has 136 valence electrons. The van der Waals surface area contributed by atoms with Gasteiger partial charge in [0.25, 0.3) is 5.91 Å². The van der Waals surface area contributed by atoms with E-state index in [0.29, 0.717) is 27.1 Å². The second-order valence-electron chi connectivity index (χ2n) is 5.56. The van der Waals surface area contributed by atoms with Gasteiger partial charge < -0.3 is 9.32 Å². The molecule has 26 heavy (non-hydrogen) atoms. The average Bonchev–Trinajstić information content (AvgIpc) is 3.21. The highest BCUT2D eigenvalue weighted by molar-refractivity contribution is 6.30. The van der Waals surface area contributed by atoms with Crippen LogP contribution in [0.3, 0.4) is 0 Å². The van der Waals surface area contributed by atoms with Gasteiger partial charge in [0.1, 0.15) is 12.2 Å². The number of benzene rings is 1. The molecule has 0 aliphatic carbocycles. The van der Waals surface area contributed by atoms with Gasteiger partial charge in [-0.05, 0) is 30.3 Å². The first-order valence-electron chi connectivity index (χ1n) is 7.47. The van der Waals surface area contributed by atoms with Gasteiger partial charge in [0.05, 0.1) is 12.0 Å². The van der Waals surface area contributed by atoms with Gasteiger partial charge in [-0.3, -0.25) is 4.79 Å². The zero-order chi connectivity index (χ0) is 18.9. The minimum Gasteiger partial charge on any atom is -0.463 e. The zero-order valence-electron chi connectivity index (χ0n) is 13.5. The lowest BCUT2D eigenvalue weighted by atomic mass is 10.2. The fraction of sp³-hybridized carbons (Fsp3) is 0.176. The molecule has 3 rings (SSSR count). The normalized spacial score (nSPS) is 11.6. The molecule has 9 heteroatoms. The van der Waals surface area contributed by atoms with Crippen molar-refractivity contribution in [2.75, 3.05) is 13.6 Å². The number of amides is 1. The number of halogens is 4. The fourth-order valence-electron chi connectivity index (χ4n) is 2.43. The molecule has 1 aromatic carbocycles. The number of hydrogen-bond acceptors (Lipinski definition) is 3. The summed E-state index contributed by atoms with van der Waals surface area (Å²) in [5.41, 5.74) is 0.825. The molecule has 2 heterocycles. The Morgan fingerprint density at radius 3 is 2.65 bits per heavy atom.